The first-order valence-corrected chi connectivity index (χ1v) is 6.07. The molecule has 1 aliphatic heterocycles. The number of aromatic nitrogens is 1. The fraction of sp³-hybridized carbons (Fsp3) is 0.615. The molecule has 0 radical (unpaired) electrons. The SMILES string of the molecule is Cc1cccc(CCN2CCN(C)CC2)n1. The van der Waals surface area contributed by atoms with Gasteiger partial charge < -0.3 is 9.80 Å². The van der Waals surface area contributed by atoms with Gasteiger partial charge in [-0.05, 0) is 26.1 Å². The van der Waals surface area contributed by atoms with E-state index >= 15 is 0 Å². The molecule has 0 aliphatic carbocycles. The van der Waals surface area contributed by atoms with E-state index < -0.39 is 0 Å². The number of aryl methyl sites for hydroxylation is 1. The third-order valence-corrected chi connectivity index (χ3v) is 3.23. The summed E-state index contributed by atoms with van der Waals surface area (Å²) in [5.41, 5.74) is 2.34. The average Bonchev–Trinajstić information content (AvgIpc) is 2.28. The molecule has 1 saturated heterocycles. The minimum atomic E-state index is 1.07. The summed E-state index contributed by atoms with van der Waals surface area (Å²) in [4.78, 5) is 9.46. The summed E-state index contributed by atoms with van der Waals surface area (Å²) in [6, 6.07) is 6.28. The normalized spacial score (nSPS) is 18.9. The molecule has 1 aliphatic rings. The Morgan fingerprint density at radius 2 is 1.94 bits per heavy atom. The van der Waals surface area contributed by atoms with Gasteiger partial charge in [-0.2, -0.15) is 0 Å². The number of piperazine rings is 1. The third kappa shape index (κ3) is 3.29. The lowest BCUT2D eigenvalue weighted by Crippen LogP contribution is -2.45. The van der Waals surface area contributed by atoms with Crippen LogP contribution in [-0.2, 0) is 6.42 Å². The fourth-order valence-electron chi connectivity index (χ4n) is 2.08. The Morgan fingerprint density at radius 3 is 2.62 bits per heavy atom. The van der Waals surface area contributed by atoms with Gasteiger partial charge in [0, 0.05) is 50.5 Å². The molecule has 1 aromatic rings. The van der Waals surface area contributed by atoms with Crippen molar-refractivity contribution in [1.82, 2.24) is 14.8 Å². The summed E-state index contributed by atoms with van der Waals surface area (Å²) in [5, 5.41) is 0. The number of hydrogen-bond donors (Lipinski definition) is 0. The summed E-state index contributed by atoms with van der Waals surface area (Å²) < 4.78 is 0. The summed E-state index contributed by atoms with van der Waals surface area (Å²) in [6.07, 6.45) is 1.07. The van der Waals surface area contributed by atoms with E-state index in [1.54, 1.807) is 0 Å². The van der Waals surface area contributed by atoms with E-state index in [1.807, 2.05) is 0 Å². The molecule has 1 fully saturated rings. The molecule has 3 nitrogen and oxygen atoms in total. The zero-order valence-corrected chi connectivity index (χ0v) is 10.3. The molecule has 2 rings (SSSR count). The standard InChI is InChI=1S/C13H21N3/c1-12-4-3-5-13(14-12)6-7-16-10-8-15(2)9-11-16/h3-5H,6-11H2,1-2H3. The third-order valence-electron chi connectivity index (χ3n) is 3.23. The lowest BCUT2D eigenvalue weighted by Gasteiger charge is -2.32. The topological polar surface area (TPSA) is 19.4 Å². The van der Waals surface area contributed by atoms with Crippen molar-refractivity contribution in [3.8, 4) is 0 Å². The highest BCUT2D eigenvalue weighted by atomic mass is 15.2. The van der Waals surface area contributed by atoms with Crippen LogP contribution in [-0.4, -0.2) is 54.6 Å². The molecule has 88 valence electrons. The number of hydrogen-bond acceptors (Lipinski definition) is 3. The van der Waals surface area contributed by atoms with Gasteiger partial charge >= 0.3 is 0 Å². The molecule has 16 heavy (non-hydrogen) atoms. The molecule has 1 aromatic heterocycles. The zero-order valence-electron chi connectivity index (χ0n) is 10.3. The van der Waals surface area contributed by atoms with Gasteiger partial charge in [-0.15, -0.1) is 0 Å². The van der Waals surface area contributed by atoms with Gasteiger partial charge in [0.15, 0.2) is 0 Å². The number of rotatable bonds is 3. The molecule has 3 heteroatoms. The molecular formula is C13H21N3. The van der Waals surface area contributed by atoms with Crippen molar-refractivity contribution in [1.29, 1.82) is 0 Å². The van der Waals surface area contributed by atoms with Crippen LogP contribution >= 0.6 is 0 Å². The zero-order chi connectivity index (χ0) is 11.4. The van der Waals surface area contributed by atoms with Crippen molar-refractivity contribution in [2.45, 2.75) is 13.3 Å². The van der Waals surface area contributed by atoms with E-state index in [2.05, 4.69) is 47.0 Å². The molecule has 0 aromatic carbocycles. The lowest BCUT2D eigenvalue weighted by molar-refractivity contribution is 0.155. The smallest absolute Gasteiger partial charge is 0.0419 e. The van der Waals surface area contributed by atoms with Crippen LogP contribution in [0.25, 0.3) is 0 Å². The Bertz CT molecular complexity index is 330. The lowest BCUT2D eigenvalue weighted by atomic mass is 10.2. The second-order valence-corrected chi connectivity index (χ2v) is 4.67. The van der Waals surface area contributed by atoms with Gasteiger partial charge in [0.2, 0.25) is 0 Å². The first kappa shape index (κ1) is 11.6. The number of pyridine rings is 1. The molecular weight excluding hydrogens is 198 g/mol. The summed E-state index contributed by atoms with van der Waals surface area (Å²) in [6.45, 7) is 7.98. The molecule has 0 saturated carbocycles. The van der Waals surface area contributed by atoms with Crippen molar-refractivity contribution in [3.05, 3.63) is 29.6 Å². The Hall–Kier alpha value is -0.930. The summed E-state index contributed by atoms with van der Waals surface area (Å²) in [7, 11) is 2.19. The Labute approximate surface area is 98.1 Å². The number of likely N-dealkylation sites (N-methyl/N-ethyl adjacent to an activating group) is 1. The average molecular weight is 219 g/mol. The van der Waals surface area contributed by atoms with Crippen molar-refractivity contribution < 1.29 is 0 Å². The van der Waals surface area contributed by atoms with Gasteiger partial charge in [0.05, 0.1) is 0 Å². The molecule has 0 amide bonds. The van der Waals surface area contributed by atoms with Crippen molar-refractivity contribution in [3.63, 3.8) is 0 Å². The van der Waals surface area contributed by atoms with Crippen LogP contribution in [0.5, 0.6) is 0 Å². The van der Waals surface area contributed by atoms with Gasteiger partial charge in [0.25, 0.3) is 0 Å². The van der Waals surface area contributed by atoms with E-state index in [9.17, 15) is 0 Å². The minimum Gasteiger partial charge on any atom is -0.304 e. The Morgan fingerprint density at radius 1 is 1.19 bits per heavy atom. The second-order valence-electron chi connectivity index (χ2n) is 4.67. The maximum Gasteiger partial charge on any atom is 0.0419 e. The number of nitrogens with zero attached hydrogens (tertiary/aromatic N) is 3. The van der Waals surface area contributed by atoms with Crippen LogP contribution < -0.4 is 0 Å². The maximum absolute atomic E-state index is 4.54. The predicted octanol–water partition coefficient (Wildman–Crippen LogP) is 1.18. The van der Waals surface area contributed by atoms with Gasteiger partial charge in [0.1, 0.15) is 0 Å². The summed E-state index contributed by atoms with van der Waals surface area (Å²) >= 11 is 0. The van der Waals surface area contributed by atoms with Gasteiger partial charge in [-0.3, -0.25) is 4.98 Å². The quantitative estimate of drug-likeness (QED) is 0.761. The molecule has 0 bridgehead atoms. The van der Waals surface area contributed by atoms with Crippen LogP contribution in [0, 0.1) is 6.92 Å². The first-order chi connectivity index (χ1) is 7.74. The van der Waals surface area contributed by atoms with E-state index in [0.717, 1.165) is 18.7 Å². The van der Waals surface area contributed by atoms with Crippen molar-refractivity contribution >= 4 is 0 Å². The monoisotopic (exact) mass is 219 g/mol. The van der Waals surface area contributed by atoms with E-state index in [4.69, 9.17) is 0 Å². The van der Waals surface area contributed by atoms with Gasteiger partial charge in [-0.1, -0.05) is 6.07 Å². The molecule has 0 unspecified atom stereocenters. The Balaban J connectivity index is 1.79. The van der Waals surface area contributed by atoms with Crippen LogP contribution in [0.15, 0.2) is 18.2 Å². The van der Waals surface area contributed by atoms with Crippen LogP contribution in [0.1, 0.15) is 11.4 Å². The van der Waals surface area contributed by atoms with Crippen molar-refractivity contribution in [2.24, 2.45) is 0 Å². The van der Waals surface area contributed by atoms with Gasteiger partial charge in [-0.25, -0.2) is 0 Å². The largest absolute Gasteiger partial charge is 0.304 e. The molecule has 2 heterocycles. The highest BCUT2D eigenvalue weighted by Crippen LogP contribution is 2.03. The highest BCUT2D eigenvalue weighted by molar-refractivity contribution is 5.10. The van der Waals surface area contributed by atoms with Crippen LogP contribution in [0.2, 0.25) is 0 Å². The van der Waals surface area contributed by atoms with Crippen molar-refractivity contribution in [2.75, 3.05) is 39.8 Å². The maximum atomic E-state index is 4.54. The molecule has 0 spiro atoms. The predicted molar refractivity (Wildman–Crippen MR) is 66.6 cm³/mol. The minimum absolute atomic E-state index is 1.07. The van der Waals surface area contributed by atoms with Crippen LogP contribution in [0.3, 0.4) is 0 Å². The summed E-state index contributed by atoms with van der Waals surface area (Å²) in [5.74, 6) is 0. The fourth-order valence-corrected chi connectivity index (χ4v) is 2.08. The van der Waals surface area contributed by atoms with E-state index in [-0.39, 0.29) is 0 Å². The molecule has 0 atom stereocenters. The van der Waals surface area contributed by atoms with E-state index in [1.165, 1.54) is 31.9 Å². The Kier molecular flexibility index (Phi) is 3.91. The van der Waals surface area contributed by atoms with E-state index in [0.29, 0.717) is 0 Å². The van der Waals surface area contributed by atoms with Crippen LogP contribution in [0.4, 0.5) is 0 Å². The second kappa shape index (κ2) is 5.41. The first-order valence-electron chi connectivity index (χ1n) is 6.07. The molecule has 0 N–H and O–H groups in total. The highest BCUT2D eigenvalue weighted by Gasteiger charge is 2.13.